The van der Waals surface area contributed by atoms with Crippen molar-refractivity contribution in [2.24, 2.45) is 0 Å². The first-order valence-electron chi connectivity index (χ1n) is 8.10. The lowest BCUT2D eigenvalue weighted by molar-refractivity contribution is -0.119. The highest BCUT2D eigenvalue weighted by Gasteiger charge is 2.18. The average molecular weight is 323 g/mol. The Morgan fingerprint density at radius 2 is 2.00 bits per heavy atom. The molecule has 0 bridgehead atoms. The molecule has 0 aliphatic carbocycles. The topological polar surface area (TPSA) is 58.6 Å². The van der Waals surface area contributed by atoms with E-state index in [-0.39, 0.29) is 11.9 Å². The van der Waals surface area contributed by atoms with Gasteiger partial charge in [-0.1, -0.05) is 42.0 Å². The molecular weight excluding hydrogens is 302 g/mol. The molecule has 3 rings (SSSR count). The largest absolute Gasteiger partial charge is 0.457 e. The van der Waals surface area contributed by atoms with Crippen LogP contribution in [0.15, 0.2) is 60.7 Å². The van der Waals surface area contributed by atoms with Gasteiger partial charge in [-0.2, -0.15) is 0 Å². The smallest absolute Gasteiger partial charge is 0.220 e. The maximum Gasteiger partial charge on any atom is 0.220 e. The first-order valence-corrected chi connectivity index (χ1v) is 8.10. The van der Waals surface area contributed by atoms with E-state index >= 15 is 0 Å². The molecule has 1 saturated heterocycles. The number of amides is 1. The van der Waals surface area contributed by atoms with E-state index < -0.39 is 6.10 Å². The monoisotopic (exact) mass is 323 g/mol. The number of aliphatic hydroxyl groups excluding tert-OH is 1. The van der Waals surface area contributed by atoms with Crippen LogP contribution in [0.3, 0.4) is 0 Å². The minimum Gasteiger partial charge on any atom is -0.457 e. The fraction of sp³-hybridized carbons (Fsp3) is 0.250. The number of hydrogen-bond acceptors (Lipinski definition) is 3. The van der Waals surface area contributed by atoms with Crippen LogP contribution in [-0.4, -0.2) is 17.1 Å². The van der Waals surface area contributed by atoms with Gasteiger partial charge in [0.1, 0.15) is 11.5 Å². The summed E-state index contributed by atoms with van der Waals surface area (Å²) in [7, 11) is 0. The van der Waals surface area contributed by atoms with Gasteiger partial charge < -0.3 is 15.2 Å². The highest BCUT2D eigenvalue weighted by Crippen LogP contribution is 2.25. The average Bonchev–Trinajstić information content (AvgIpc) is 3.00. The lowest BCUT2D eigenvalue weighted by Crippen LogP contribution is -2.23. The number of aliphatic hydroxyl groups is 1. The van der Waals surface area contributed by atoms with Gasteiger partial charge in [-0.25, -0.2) is 0 Å². The van der Waals surface area contributed by atoms with Gasteiger partial charge in [-0.05, 0) is 43.2 Å². The van der Waals surface area contributed by atoms with Gasteiger partial charge in [0.05, 0.1) is 6.10 Å². The van der Waals surface area contributed by atoms with Crippen molar-refractivity contribution in [3.05, 3.63) is 71.8 Å². The number of carbonyl (C=O) groups is 1. The third-order valence-corrected chi connectivity index (χ3v) is 4.01. The Balaban J connectivity index is 1.66. The Morgan fingerprint density at radius 3 is 2.71 bits per heavy atom. The fourth-order valence-electron chi connectivity index (χ4n) is 2.64. The van der Waals surface area contributed by atoms with Crippen LogP contribution in [0.4, 0.5) is 0 Å². The van der Waals surface area contributed by atoms with Gasteiger partial charge in [0.15, 0.2) is 0 Å². The first-order chi connectivity index (χ1) is 11.6. The van der Waals surface area contributed by atoms with Gasteiger partial charge in [-0.3, -0.25) is 4.79 Å². The summed E-state index contributed by atoms with van der Waals surface area (Å²) in [6.07, 6.45) is 4.15. The summed E-state index contributed by atoms with van der Waals surface area (Å²) in [6.45, 7) is 2.03. The Hall–Kier alpha value is -2.59. The first kappa shape index (κ1) is 16.3. The van der Waals surface area contributed by atoms with Gasteiger partial charge >= 0.3 is 0 Å². The minimum absolute atomic E-state index is 0.0131. The van der Waals surface area contributed by atoms with Crippen molar-refractivity contribution >= 4 is 5.91 Å². The van der Waals surface area contributed by atoms with Gasteiger partial charge in [0.25, 0.3) is 0 Å². The summed E-state index contributed by atoms with van der Waals surface area (Å²) >= 11 is 0. The molecule has 1 aliphatic rings. The molecule has 1 heterocycles. The van der Waals surface area contributed by atoms with Gasteiger partial charge in [0.2, 0.25) is 5.91 Å². The number of ether oxygens (including phenoxy) is 1. The van der Waals surface area contributed by atoms with Gasteiger partial charge in [-0.15, -0.1) is 0 Å². The van der Waals surface area contributed by atoms with E-state index in [4.69, 9.17) is 4.74 Å². The summed E-state index contributed by atoms with van der Waals surface area (Å²) in [5.41, 5.74) is 1.93. The second kappa shape index (κ2) is 7.32. The maximum atomic E-state index is 11.2. The zero-order valence-electron chi connectivity index (χ0n) is 13.6. The SMILES string of the molecule is Cc1ccc(Oc2cccc(C(O)/C=C/[C@H]3CCC(=O)N3)c2)cc1. The molecule has 0 radical (unpaired) electrons. The summed E-state index contributed by atoms with van der Waals surface area (Å²) in [4.78, 5) is 11.2. The van der Waals surface area contributed by atoms with Crippen molar-refractivity contribution in [1.82, 2.24) is 5.32 Å². The molecular formula is C20H21NO3. The molecule has 4 nitrogen and oxygen atoms in total. The van der Waals surface area contributed by atoms with Crippen molar-refractivity contribution < 1.29 is 14.6 Å². The normalized spacial score (nSPS) is 18.6. The van der Waals surface area contributed by atoms with E-state index in [2.05, 4.69) is 5.32 Å². The van der Waals surface area contributed by atoms with Crippen molar-refractivity contribution in [2.75, 3.05) is 0 Å². The molecule has 4 heteroatoms. The van der Waals surface area contributed by atoms with Crippen LogP contribution in [0.25, 0.3) is 0 Å². The highest BCUT2D eigenvalue weighted by atomic mass is 16.5. The lowest BCUT2D eigenvalue weighted by Gasteiger charge is -2.11. The molecule has 1 aliphatic heterocycles. The van der Waals surface area contributed by atoms with E-state index in [1.807, 2.05) is 61.5 Å². The summed E-state index contributed by atoms with van der Waals surface area (Å²) in [5.74, 6) is 1.50. The molecule has 24 heavy (non-hydrogen) atoms. The van der Waals surface area contributed by atoms with Crippen LogP contribution in [0.5, 0.6) is 11.5 Å². The molecule has 0 spiro atoms. The predicted molar refractivity (Wildman–Crippen MR) is 93.0 cm³/mol. The van der Waals surface area contributed by atoms with Crippen LogP contribution in [0.1, 0.15) is 30.1 Å². The van der Waals surface area contributed by atoms with E-state index in [0.29, 0.717) is 12.2 Å². The van der Waals surface area contributed by atoms with Crippen molar-refractivity contribution in [3.63, 3.8) is 0 Å². The maximum absolute atomic E-state index is 11.2. The molecule has 0 saturated carbocycles. The summed E-state index contributed by atoms with van der Waals surface area (Å²) < 4.78 is 5.82. The molecule has 0 aromatic heterocycles. The van der Waals surface area contributed by atoms with Crippen LogP contribution >= 0.6 is 0 Å². The zero-order valence-corrected chi connectivity index (χ0v) is 13.6. The van der Waals surface area contributed by atoms with E-state index in [1.54, 1.807) is 6.08 Å². The predicted octanol–water partition coefficient (Wildman–Crippen LogP) is 3.66. The van der Waals surface area contributed by atoms with Crippen LogP contribution in [0.2, 0.25) is 0 Å². The Bertz CT molecular complexity index is 737. The Kier molecular flexibility index (Phi) is 4.96. The molecule has 1 fully saturated rings. The zero-order chi connectivity index (χ0) is 16.9. The standard InChI is InChI=1S/C20H21NO3/c1-14-5-9-17(10-6-14)24-18-4-2-3-15(13-18)19(22)11-7-16-8-12-20(23)21-16/h2-7,9-11,13,16,19,22H,8,12H2,1H3,(H,21,23)/b11-7+/t16-,19?/m0/s1. The van der Waals surface area contributed by atoms with Crippen molar-refractivity contribution in [1.29, 1.82) is 0 Å². The third-order valence-electron chi connectivity index (χ3n) is 4.01. The minimum atomic E-state index is -0.732. The molecule has 124 valence electrons. The van der Waals surface area contributed by atoms with E-state index in [0.717, 1.165) is 17.7 Å². The van der Waals surface area contributed by atoms with Crippen molar-refractivity contribution in [2.45, 2.75) is 31.9 Å². The van der Waals surface area contributed by atoms with Crippen LogP contribution in [0, 0.1) is 6.92 Å². The Morgan fingerprint density at radius 1 is 1.21 bits per heavy atom. The van der Waals surface area contributed by atoms with Crippen LogP contribution in [-0.2, 0) is 4.79 Å². The quantitative estimate of drug-likeness (QED) is 0.826. The number of carbonyl (C=O) groups excluding carboxylic acids is 1. The number of rotatable bonds is 5. The summed E-state index contributed by atoms with van der Waals surface area (Å²) in [6, 6.07) is 15.2. The lowest BCUT2D eigenvalue weighted by atomic mass is 10.1. The third kappa shape index (κ3) is 4.24. The Labute approximate surface area is 141 Å². The second-order valence-corrected chi connectivity index (χ2v) is 6.03. The molecule has 1 amide bonds. The summed E-state index contributed by atoms with van der Waals surface area (Å²) in [5, 5.41) is 13.2. The highest BCUT2D eigenvalue weighted by molar-refractivity contribution is 5.78. The van der Waals surface area contributed by atoms with Crippen molar-refractivity contribution in [3.8, 4) is 11.5 Å². The van der Waals surface area contributed by atoms with E-state index in [9.17, 15) is 9.90 Å². The molecule has 2 aromatic rings. The molecule has 2 aromatic carbocycles. The number of nitrogens with one attached hydrogen (secondary N) is 1. The number of hydrogen-bond donors (Lipinski definition) is 2. The molecule has 2 atom stereocenters. The van der Waals surface area contributed by atoms with Gasteiger partial charge in [0, 0.05) is 12.5 Å². The molecule has 1 unspecified atom stereocenters. The molecule has 2 N–H and O–H groups in total. The number of benzene rings is 2. The fourth-order valence-corrected chi connectivity index (χ4v) is 2.64. The second-order valence-electron chi connectivity index (χ2n) is 6.03. The van der Waals surface area contributed by atoms with E-state index in [1.165, 1.54) is 5.56 Å². The number of aryl methyl sites for hydroxylation is 1. The van der Waals surface area contributed by atoms with Crippen LogP contribution < -0.4 is 10.1 Å².